The van der Waals surface area contributed by atoms with E-state index < -0.39 is 16.0 Å². The normalized spacial score (nSPS) is 21.0. The molecule has 0 radical (unpaired) electrons. The fourth-order valence-electron chi connectivity index (χ4n) is 4.21. The number of piperazine rings is 1. The first-order chi connectivity index (χ1) is 13.9. The van der Waals surface area contributed by atoms with E-state index in [9.17, 15) is 13.2 Å². The van der Waals surface area contributed by atoms with Gasteiger partial charge < -0.3 is 10.0 Å². The number of aromatic carboxylic acids is 1. The van der Waals surface area contributed by atoms with Crippen LogP contribution in [0.4, 0.5) is 5.95 Å². The smallest absolute Gasteiger partial charge is 0.338 e. The van der Waals surface area contributed by atoms with Crippen LogP contribution in [0.1, 0.15) is 24.2 Å². The molecule has 9 heteroatoms. The van der Waals surface area contributed by atoms with Crippen molar-refractivity contribution in [3.8, 4) is 0 Å². The van der Waals surface area contributed by atoms with E-state index in [4.69, 9.17) is 5.11 Å². The Morgan fingerprint density at radius 1 is 1.00 bits per heavy atom. The topological polar surface area (TPSA) is 104 Å². The summed E-state index contributed by atoms with van der Waals surface area (Å²) in [5.74, 6) is -0.641. The molecule has 0 amide bonds. The quantitative estimate of drug-likeness (QED) is 0.684. The number of benzene rings is 2. The van der Waals surface area contributed by atoms with E-state index in [0.29, 0.717) is 30.4 Å². The molecule has 3 aromatic rings. The number of carboxylic acid groups (broad SMARTS) is 1. The van der Waals surface area contributed by atoms with E-state index >= 15 is 0 Å². The second-order valence-electron chi connectivity index (χ2n) is 7.36. The van der Waals surface area contributed by atoms with Crippen LogP contribution in [0.2, 0.25) is 0 Å². The molecule has 1 N–H and O–H groups in total. The van der Waals surface area contributed by atoms with E-state index in [0.717, 1.165) is 10.8 Å². The summed E-state index contributed by atoms with van der Waals surface area (Å²) in [6.45, 7) is 0.855. The van der Waals surface area contributed by atoms with E-state index in [-0.39, 0.29) is 25.1 Å². The van der Waals surface area contributed by atoms with Crippen LogP contribution in [0.15, 0.2) is 59.8 Å². The zero-order valence-electron chi connectivity index (χ0n) is 15.3. The van der Waals surface area contributed by atoms with Gasteiger partial charge >= 0.3 is 5.97 Å². The van der Waals surface area contributed by atoms with Gasteiger partial charge in [0.15, 0.2) is 0 Å². The number of hydrogen-bond acceptors (Lipinski definition) is 6. The summed E-state index contributed by atoms with van der Waals surface area (Å²) in [5.41, 5.74) is 0.0265. The molecule has 0 spiro atoms. The molecule has 1 aromatic heterocycles. The summed E-state index contributed by atoms with van der Waals surface area (Å²) in [6, 6.07) is 12.7. The highest BCUT2D eigenvalue weighted by molar-refractivity contribution is 7.89. The van der Waals surface area contributed by atoms with Crippen LogP contribution in [-0.4, -0.2) is 58.9 Å². The third kappa shape index (κ3) is 3.20. The van der Waals surface area contributed by atoms with Crippen molar-refractivity contribution in [2.75, 3.05) is 18.0 Å². The molecule has 2 aromatic carbocycles. The summed E-state index contributed by atoms with van der Waals surface area (Å²) >= 11 is 0. The van der Waals surface area contributed by atoms with Crippen molar-refractivity contribution in [1.82, 2.24) is 14.3 Å². The number of aromatic nitrogens is 2. The Labute approximate surface area is 174 Å². The molecular formula is C21H22N4O4S. The van der Waals surface area contributed by atoms with Crippen molar-refractivity contribution < 1.29 is 18.3 Å². The number of carbonyl (C=O) groups is 1. The van der Waals surface area contributed by atoms with Gasteiger partial charge in [0, 0.05) is 37.6 Å². The molecule has 2 bridgehead atoms. The third-order valence-corrected chi connectivity index (χ3v) is 7.57. The van der Waals surface area contributed by atoms with Crippen molar-refractivity contribution in [1.29, 1.82) is 0 Å². The second kappa shape index (κ2) is 7.33. The first-order valence-electron chi connectivity index (χ1n) is 9.26. The van der Waals surface area contributed by atoms with Crippen LogP contribution >= 0.6 is 0 Å². The average Bonchev–Trinajstić information content (AvgIpc) is 3.35. The van der Waals surface area contributed by atoms with Gasteiger partial charge in [-0.1, -0.05) is 37.8 Å². The minimum atomic E-state index is -3.60. The second-order valence-corrected chi connectivity index (χ2v) is 9.25. The van der Waals surface area contributed by atoms with Crippen LogP contribution < -0.4 is 4.90 Å². The van der Waals surface area contributed by atoms with Gasteiger partial charge in [0.25, 0.3) is 0 Å². The van der Waals surface area contributed by atoms with Crippen LogP contribution in [-0.2, 0) is 10.0 Å². The molecule has 2 saturated heterocycles. The molecule has 8 nitrogen and oxygen atoms in total. The maximum Gasteiger partial charge on any atom is 0.338 e. The lowest BCUT2D eigenvalue weighted by Crippen LogP contribution is -2.49. The average molecular weight is 426 g/mol. The number of nitrogens with zero attached hydrogens (tertiary/aromatic N) is 4. The van der Waals surface area contributed by atoms with Crippen molar-refractivity contribution in [3.05, 3.63) is 60.4 Å². The lowest BCUT2D eigenvalue weighted by Gasteiger charge is -2.33. The first-order valence-corrected chi connectivity index (χ1v) is 10.7. The number of rotatable bonds is 4. The standard InChI is InChI=1S/C20H18N4O4S.CH4/c25-19(26)15-9-21-20(22-10-15)23-11-17-8-16(23)12-24(17)29(27,28)18-6-5-13-3-1-2-4-14(13)7-18;/h1-7,9-10,16-17H,8,11-12H2,(H,25,26);1H4/t16-,17-;/m1./s1. The molecule has 2 atom stereocenters. The molecule has 2 fully saturated rings. The van der Waals surface area contributed by atoms with Gasteiger partial charge in [-0.25, -0.2) is 23.2 Å². The maximum absolute atomic E-state index is 13.2. The van der Waals surface area contributed by atoms with Crippen molar-refractivity contribution in [2.45, 2.75) is 30.8 Å². The molecule has 2 aliphatic rings. The fourth-order valence-corrected chi connectivity index (χ4v) is 5.91. The van der Waals surface area contributed by atoms with Gasteiger partial charge in [-0.05, 0) is 29.3 Å². The minimum Gasteiger partial charge on any atom is -0.478 e. The summed E-state index contributed by atoms with van der Waals surface area (Å²) in [7, 11) is -3.60. The van der Waals surface area contributed by atoms with Crippen LogP contribution in [0.3, 0.4) is 0 Å². The van der Waals surface area contributed by atoms with Crippen molar-refractivity contribution >= 4 is 32.7 Å². The fraction of sp³-hybridized carbons (Fsp3) is 0.286. The number of hydrogen-bond donors (Lipinski definition) is 1. The van der Waals surface area contributed by atoms with E-state index in [1.807, 2.05) is 35.2 Å². The Kier molecular flexibility index (Phi) is 4.95. The predicted octanol–water partition coefficient (Wildman–Crippen LogP) is 2.62. The van der Waals surface area contributed by atoms with Gasteiger partial charge in [0.05, 0.1) is 10.5 Å². The number of sulfonamides is 1. The molecule has 2 aliphatic heterocycles. The SMILES string of the molecule is C.O=C(O)c1cnc(N2C[C@H]3C[C@@H]2CN3S(=O)(=O)c2ccc3ccccc3c2)nc1. The van der Waals surface area contributed by atoms with E-state index in [1.54, 1.807) is 16.4 Å². The van der Waals surface area contributed by atoms with Gasteiger partial charge in [0.2, 0.25) is 16.0 Å². The first kappa shape index (κ1) is 20.2. The van der Waals surface area contributed by atoms with E-state index in [1.165, 1.54) is 12.4 Å². The zero-order chi connectivity index (χ0) is 20.2. The van der Waals surface area contributed by atoms with Gasteiger partial charge in [-0.3, -0.25) is 0 Å². The molecule has 3 heterocycles. The highest BCUT2D eigenvalue weighted by Gasteiger charge is 2.49. The monoisotopic (exact) mass is 426 g/mol. The highest BCUT2D eigenvalue weighted by Crippen LogP contribution is 2.36. The number of carboxylic acids is 1. The van der Waals surface area contributed by atoms with Crippen molar-refractivity contribution in [3.63, 3.8) is 0 Å². The molecule has 5 rings (SSSR count). The van der Waals surface area contributed by atoms with Crippen LogP contribution in [0, 0.1) is 0 Å². The lowest BCUT2D eigenvalue weighted by atomic mass is 10.1. The van der Waals surface area contributed by atoms with E-state index in [2.05, 4.69) is 9.97 Å². The molecule has 30 heavy (non-hydrogen) atoms. The number of anilines is 1. The minimum absolute atomic E-state index is 0. The zero-order valence-corrected chi connectivity index (χ0v) is 16.2. The summed E-state index contributed by atoms with van der Waals surface area (Å²) in [6.07, 6.45) is 3.26. The van der Waals surface area contributed by atoms with Gasteiger partial charge in [-0.2, -0.15) is 4.31 Å². The maximum atomic E-state index is 13.2. The highest BCUT2D eigenvalue weighted by atomic mass is 32.2. The third-order valence-electron chi connectivity index (χ3n) is 5.66. The Morgan fingerprint density at radius 2 is 1.70 bits per heavy atom. The van der Waals surface area contributed by atoms with Crippen LogP contribution in [0.25, 0.3) is 10.8 Å². The molecule has 156 valence electrons. The molecule has 0 saturated carbocycles. The van der Waals surface area contributed by atoms with Crippen LogP contribution in [0.5, 0.6) is 0 Å². The Bertz CT molecular complexity index is 1210. The van der Waals surface area contributed by atoms with Gasteiger partial charge in [-0.15, -0.1) is 0 Å². The number of fused-ring (bicyclic) bond motifs is 3. The molecule has 0 aliphatic carbocycles. The largest absolute Gasteiger partial charge is 0.478 e. The van der Waals surface area contributed by atoms with Crippen molar-refractivity contribution in [2.24, 2.45) is 0 Å². The lowest BCUT2D eigenvalue weighted by molar-refractivity contribution is 0.0696. The molecular weight excluding hydrogens is 404 g/mol. The molecule has 0 unspecified atom stereocenters. The van der Waals surface area contributed by atoms with Gasteiger partial charge in [0.1, 0.15) is 0 Å². The Morgan fingerprint density at radius 3 is 2.33 bits per heavy atom. The summed E-state index contributed by atoms with van der Waals surface area (Å²) < 4.78 is 28.1. The summed E-state index contributed by atoms with van der Waals surface area (Å²) in [5, 5.41) is 10.9. The summed E-state index contributed by atoms with van der Waals surface area (Å²) in [4.78, 5) is 21.5. The Hall–Kier alpha value is -3.04. The predicted molar refractivity (Wildman–Crippen MR) is 113 cm³/mol. The Balaban J connectivity index is 0.00000218.